The van der Waals surface area contributed by atoms with Gasteiger partial charge in [-0.25, -0.2) is 0 Å². The van der Waals surface area contributed by atoms with E-state index in [1.807, 2.05) is 40.0 Å². The molecule has 1 amide bonds. The molecular formula is C14H22N2O. The average Bonchev–Trinajstić information content (AvgIpc) is 2.25. The first-order valence-electron chi connectivity index (χ1n) is 5.99. The summed E-state index contributed by atoms with van der Waals surface area (Å²) in [6.07, 6.45) is 0. The summed E-state index contributed by atoms with van der Waals surface area (Å²) < 4.78 is 0. The van der Waals surface area contributed by atoms with Crippen molar-refractivity contribution in [2.75, 3.05) is 18.5 Å². The molecule has 1 rings (SSSR count). The molecule has 94 valence electrons. The van der Waals surface area contributed by atoms with Gasteiger partial charge in [-0.3, -0.25) is 4.79 Å². The minimum Gasteiger partial charge on any atom is -0.314 e. The molecule has 0 spiro atoms. The number of aryl methyl sites for hydroxylation is 2. The molecule has 0 aliphatic rings. The highest BCUT2D eigenvalue weighted by molar-refractivity contribution is 5.95. The van der Waals surface area contributed by atoms with Crippen LogP contribution in [0.1, 0.15) is 25.0 Å². The van der Waals surface area contributed by atoms with E-state index >= 15 is 0 Å². The largest absolute Gasteiger partial charge is 0.314 e. The van der Waals surface area contributed by atoms with Gasteiger partial charge in [-0.2, -0.15) is 0 Å². The smallest absolute Gasteiger partial charge is 0.240 e. The number of nitrogens with one attached hydrogen (secondary N) is 1. The third kappa shape index (κ3) is 3.86. The van der Waals surface area contributed by atoms with E-state index in [1.165, 1.54) is 5.56 Å². The monoisotopic (exact) mass is 234 g/mol. The summed E-state index contributed by atoms with van der Waals surface area (Å²) in [6.45, 7) is 8.53. The number of hydrogen-bond donors (Lipinski definition) is 1. The predicted octanol–water partition coefficient (Wildman–Crippen LogP) is 2.26. The summed E-state index contributed by atoms with van der Waals surface area (Å²) in [5.41, 5.74) is 3.32. The van der Waals surface area contributed by atoms with Crippen LogP contribution in [-0.2, 0) is 4.79 Å². The Balaban J connectivity index is 2.74. The lowest BCUT2D eigenvalue weighted by Gasteiger charge is -2.20. The Morgan fingerprint density at radius 3 is 2.53 bits per heavy atom. The summed E-state index contributed by atoms with van der Waals surface area (Å²) in [7, 11) is 1.82. The van der Waals surface area contributed by atoms with Crippen molar-refractivity contribution in [1.29, 1.82) is 0 Å². The van der Waals surface area contributed by atoms with Crippen molar-refractivity contribution >= 4 is 11.6 Å². The van der Waals surface area contributed by atoms with Gasteiger partial charge in [0.1, 0.15) is 0 Å². The van der Waals surface area contributed by atoms with E-state index in [4.69, 9.17) is 0 Å². The number of benzene rings is 1. The molecule has 0 radical (unpaired) electrons. The molecule has 0 heterocycles. The minimum absolute atomic E-state index is 0.0886. The number of carbonyl (C=O) groups is 1. The lowest BCUT2D eigenvalue weighted by Crippen LogP contribution is -2.38. The molecule has 3 heteroatoms. The molecule has 0 saturated carbocycles. The summed E-state index contributed by atoms with van der Waals surface area (Å²) in [4.78, 5) is 13.7. The van der Waals surface area contributed by atoms with E-state index in [2.05, 4.69) is 18.3 Å². The van der Waals surface area contributed by atoms with Crippen LogP contribution in [0.3, 0.4) is 0 Å². The second-order valence-electron chi connectivity index (χ2n) is 4.78. The number of rotatable bonds is 4. The lowest BCUT2D eigenvalue weighted by atomic mass is 10.1. The van der Waals surface area contributed by atoms with E-state index < -0.39 is 0 Å². The number of hydrogen-bond acceptors (Lipinski definition) is 2. The highest BCUT2D eigenvalue weighted by atomic mass is 16.2. The summed E-state index contributed by atoms with van der Waals surface area (Å²) in [5, 5.41) is 3.14. The van der Waals surface area contributed by atoms with E-state index in [9.17, 15) is 4.79 Å². The molecule has 1 aromatic carbocycles. The van der Waals surface area contributed by atoms with Gasteiger partial charge in [-0.05, 0) is 25.5 Å². The van der Waals surface area contributed by atoms with Crippen molar-refractivity contribution in [3.63, 3.8) is 0 Å². The highest BCUT2D eigenvalue weighted by Crippen LogP contribution is 2.19. The number of nitrogens with zero attached hydrogens (tertiary/aromatic N) is 1. The van der Waals surface area contributed by atoms with Crippen LogP contribution in [0.15, 0.2) is 18.2 Å². The maximum absolute atomic E-state index is 11.9. The Morgan fingerprint density at radius 2 is 2.00 bits per heavy atom. The maximum Gasteiger partial charge on any atom is 0.240 e. The third-order valence-corrected chi connectivity index (χ3v) is 2.75. The summed E-state index contributed by atoms with van der Waals surface area (Å²) >= 11 is 0. The van der Waals surface area contributed by atoms with Crippen molar-refractivity contribution in [3.8, 4) is 0 Å². The zero-order valence-electron chi connectivity index (χ0n) is 11.4. The first-order valence-corrected chi connectivity index (χ1v) is 5.99. The Labute approximate surface area is 104 Å². The molecule has 0 aromatic heterocycles. The molecule has 3 nitrogen and oxygen atoms in total. The van der Waals surface area contributed by atoms with Crippen LogP contribution in [0.4, 0.5) is 5.69 Å². The SMILES string of the molecule is Cc1ccc(N(C)C(=O)CNC(C)C)c(C)c1. The van der Waals surface area contributed by atoms with Gasteiger partial charge in [-0.1, -0.05) is 31.5 Å². The molecule has 17 heavy (non-hydrogen) atoms. The molecule has 0 aliphatic heterocycles. The first kappa shape index (κ1) is 13.7. The summed E-state index contributed by atoms with van der Waals surface area (Å²) in [6, 6.07) is 6.45. The molecule has 0 unspecified atom stereocenters. The van der Waals surface area contributed by atoms with Crippen LogP contribution < -0.4 is 10.2 Å². The van der Waals surface area contributed by atoms with Crippen LogP contribution in [0.5, 0.6) is 0 Å². The first-order chi connectivity index (χ1) is 7.91. The van der Waals surface area contributed by atoms with Gasteiger partial charge >= 0.3 is 0 Å². The number of amides is 1. The van der Waals surface area contributed by atoms with E-state index in [1.54, 1.807) is 4.90 Å². The topological polar surface area (TPSA) is 32.3 Å². The zero-order chi connectivity index (χ0) is 13.0. The zero-order valence-corrected chi connectivity index (χ0v) is 11.4. The molecule has 1 aromatic rings. The lowest BCUT2D eigenvalue weighted by molar-refractivity contribution is -0.117. The number of anilines is 1. The normalized spacial score (nSPS) is 10.7. The van der Waals surface area contributed by atoms with Crippen LogP contribution in [0, 0.1) is 13.8 Å². The van der Waals surface area contributed by atoms with Gasteiger partial charge in [-0.15, -0.1) is 0 Å². The van der Waals surface area contributed by atoms with Crippen molar-refractivity contribution in [3.05, 3.63) is 29.3 Å². The van der Waals surface area contributed by atoms with E-state index in [-0.39, 0.29) is 5.91 Å². The van der Waals surface area contributed by atoms with Crippen LogP contribution in [0.25, 0.3) is 0 Å². The number of carbonyl (C=O) groups excluding carboxylic acids is 1. The van der Waals surface area contributed by atoms with E-state index in [0.717, 1.165) is 11.3 Å². The van der Waals surface area contributed by atoms with Gasteiger partial charge < -0.3 is 10.2 Å². The van der Waals surface area contributed by atoms with Gasteiger partial charge in [0.25, 0.3) is 0 Å². The van der Waals surface area contributed by atoms with Gasteiger partial charge in [0.05, 0.1) is 6.54 Å². The van der Waals surface area contributed by atoms with Gasteiger partial charge in [0, 0.05) is 18.8 Å². The second-order valence-corrected chi connectivity index (χ2v) is 4.78. The predicted molar refractivity (Wildman–Crippen MR) is 72.5 cm³/mol. The fourth-order valence-electron chi connectivity index (χ4n) is 1.73. The third-order valence-electron chi connectivity index (χ3n) is 2.75. The number of likely N-dealkylation sites (N-methyl/N-ethyl adjacent to an activating group) is 1. The Kier molecular flexibility index (Phi) is 4.70. The van der Waals surface area contributed by atoms with Crippen LogP contribution in [-0.4, -0.2) is 25.5 Å². The minimum atomic E-state index is 0.0886. The molecule has 0 fully saturated rings. The van der Waals surface area contributed by atoms with Gasteiger partial charge in [0.2, 0.25) is 5.91 Å². The quantitative estimate of drug-likeness (QED) is 0.866. The fraction of sp³-hybridized carbons (Fsp3) is 0.500. The molecule has 1 N–H and O–H groups in total. The Bertz CT molecular complexity index is 399. The second kappa shape index (κ2) is 5.82. The van der Waals surface area contributed by atoms with Crippen LogP contribution >= 0.6 is 0 Å². The molecule has 0 bridgehead atoms. The van der Waals surface area contributed by atoms with Crippen molar-refractivity contribution in [1.82, 2.24) is 5.32 Å². The van der Waals surface area contributed by atoms with Crippen LogP contribution in [0.2, 0.25) is 0 Å². The van der Waals surface area contributed by atoms with Crippen molar-refractivity contribution in [2.45, 2.75) is 33.7 Å². The highest BCUT2D eigenvalue weighted by Gasteiger charge is 2.12. The maximum atomic E-state index is 11.9. The average molecular weight is 234 g/mol. The van der Waals surface area contributed by atoms with E-state index in [0.29, 0.717) is 12.6 Å². The fourth-order valence-corrected chi connectivity index (χ4v) is 1.73. The molecule has 0 aliphatic carbocycles. The molecule has 0 saturated heterocycles. The molecular weight excluding hydrogens is 212 g/mol. The van der Waals surface area contributed by atoms with Gasteiger partial charge in [0.15, 0.2) is 0 Å². The standard InChI is InChI=1S/C14H22N2O/c1-10(2)15-9-14(17)16(5)13-7-6-11(3)8-12(13)4/h6-8,10,15H,9H2,1-5H3. The van der Waals surface area contributed by atoms with Crippen molar-refractivity contribution < 1.29 is 4.79 Å². The Morgan fingerprint density at radius 1 is 1.35 bits per heavy atom. The van der Waals surface area contributed by atoms with Crippen molar-refractivity contribution in [2.24, 2.45) is 0 Å². The Hall–Kier alpha value is -1.35. The summed E-state index contributed by atoms with van der Waals surface area (Å²) in [5.74, 6) is 0.0886. The molecule has 0 atom stereocenters.